The van der Waals surface area contributed by atoms with Gasteiger partial charge in [0, 0.05) is 13.1 Å². The van der Waals surface area contributed by atoms with E-state index in [1.54, 1.807) is 43.3 Å². The van der Waals surface area contributed by atoms with E-state index in [2.05, 4.69) is 0 Å². The fourth-order valence-corrected chi connectivity index (χ4v) is 3.22. The first-order valence-electron chi connectivity index (χ1n) is 8.03. The maximum atomic E-state index is 14.1. The van der Waals surface area contributed by atoms with Gasteiger partial charge in [0.15, 0.2) is 0 Å². The molecule has 2 amide bonds. The minimum atomic E-state index is -0.697. The highest BCUT2D eigenvalue weighted by atomic mass is 35.5. The zero-order valence-electron chi connectivity index (χ0n) is 14.0. The first-order chi connectivity index (χ1) is 11.9. The van der Waals surface area contributed by atoms with Gasteiger partial charge in [-0.3, -0.25) is 9.59 Å². The molecule has 0 radical (unpaired) electrons. The minimum Gasteiger partial charge on any atom is -0.325 e. The van der Waals surface area contributed by atoms with Crippen LogP contribution < -0.4 is 4.90 Å². The summed E-state index contributed by atoms with van der Waals surface area (Å²) in [4.78, 5) is 28.4. The molecular formula is C19H18ClFN2O2. The zero-order valence-corrected chi connectivity index (χ0v) is 14.8. The third-order valence-corrected chi connectivity index (χ3v) is 4.74. The molecule has 130 valence electrons. The molecule has 4 nitrogen and oxygen atoms in total. The molecule has 1 aliphatic rings. The molecule has 0 spiro atoms. The van der Waals surface area contributed by atoms with Gasteiger partial charge in [-0.15, -0.1) is 0 Å². The maximum Gasteiger partial charge on any atom is 0.256 e. The molecule has 25 heavy (non-hydrogen) atoms. The number of hydrogen-bond acceptors (Lipinski definition) is 2. The van der Waals surface area contributed by atoms with Crippen LogP contribution in [0.25, 0.3) is 0 Å². The van der Waals surface area contributed by atoms with Crippen LogP contribution in [0.2, 0.25) is 5.02 Å². The van der Waals surface area contributed by atoms with E-state index >= 15 is 0 Å². The van der Waals surface area contributed by atoms with Crippen molar-refractivity contribution in [1.82, 2.24) is 4.90 Å². The summed E-state index contributed by atoms with van der Waals surface area (Å²) in [5, 5.41) is 0.347. The van der Waals surface area contributed by atoms with Crippen molar-refractivity contribution in [2.45, 2.75) is 19.9 Å². The van der Waals surface area contributed by atoms with Crippen molar-refractivity contribution in [3.8, 4) is 0 Å². The number of rotatable bonds is 2. The van der Waals surface area contributed by atoms with Crippen LogP contribution in [0.1, 0.15) is 22.8 Å². The average Bonchev–Trinajstić information content (AvgIpc) is 2.59. The molecule has 0 saturated carbocycles. The SMILES string of the molecule is Cc1ccc(F)c(N2CCN(C(=O)c3ccccc3Cl)C(C)C2=O)c1. The van der Waals surface area contributed by atoms with Crippen LogP contribution >= 0.6 is 11.6 Å². The number of aryl methyl sites for hydroxylation is 1. The number of halogens is 2. The molecule has 3 rings (SSSR count). The van der Waals surface area contributed by atoms with Gasteiger partial charge >= 0.3 is 0 Å². The molecule has 0 bridgehead atoms. The van der Waals surface area contributed by atoms with Gasteiger partial charge in [-0.05, 0) is 43.7 Å². The van der Waals surface area contributed by atoms with Crippen LogP contribution in [0.15, 0.2) is 42.5 Å². The van der Waals surface area contributed by atoms with Crippen LogP contribution in [0.4, 0.5) is 10.1 Å². The summed E-state index contributed by atoms with van der Waals surface area (Å²) in [5.74, 6) is -1.05. The van der Waals surface area contributed by atoms with Gasteiger partial charge in [-0.25, -0.2) is 4.39 Å². The van der Waals surface area contributed by atoms with Crippen molar-refractivity contribution < 1.29 is 14.0 Å². The topological polar surface area (TPSA) is 40.6 Å². The van der Waals surface area contributed by atoms with Gasteiger partial charge in [0.2, 0.25) is 5.91 Å². The quantitative estimate of drug-likeness (QED) is 0.820. The molecule has 1 saturated heterocycles. The summed E-state index contributed by atoms with van der Waals surface area (Å²) in [6.45, 7) is 4.04. The van der Waals surface area contributed by atoms with Crippen molar-refractivity contribution in [2.75, 3.05) is 18.0 Å². The summed E-state index contributed by atoms with van der Waals surface area (Å²) in [6.07, 6.45) is 0. The molecular weight excluding hydrogens is 343 g/mol. The Labute approximate surface area is 150 Å². The summed E-state index contributed by atoms with van der Waals surface area (Å²) in [5.41, 5.74) is 1.48. The fourth-order valence-electron chi connectivity index (χ4n) is 3.01. The van der Waals surface area contributed by atoms with Crippen LogP contribution in [-0.2, 0) is 4.79 Å². The molecule has 1 heterocycles. The number of piperazine rings is 1. The summed E-state index contributed by atoms with van der Waals surface area (Å²) >= 11 is 6.09. The summed E-state index contributed by atoms with van der Waals surface area (Å²) in [7, 11) is 0. The van der Waals surface area contributed by atoms with Crippen molar-refractivity contribution in [3.63, 3.8) is 0 Å². The Balaban J connectivity index is 1.86. The van der Waals surface area contributed by atoms with Gasteiger partial charge in [-0.1, -0.05) is 29.8 Å². The molecule has 2 aromatic rings. The number of carbonyl (C=O) groups is 2. The Morgan fingerprint density at radius 1 is 1.20 bits per heavy atom. The van der Waals surface area contributed by atoms with Crippen molar-refractivity contribution >= 4 is 29.1 Å². The lowest BCUT2D eigenvalue weighted by Gasteiger charge is -2.39. The average molecular weight is 361 g/mol. The van der Waals surface area contributed by atoms with Crippen LogP contribution in [-0.4, -0.2) is 35.8 Å². The highest BCUT2D eigenvalue weighted by Crippen LogP contribution is 2.26. The number of nitrogens with zero attached hydrogens (tertiary/aromatic N) is 2. The molecule has 6 heteroatoms. The molecule has 1 atom stereocenters. The number of benzene rings is 2. The van der Waals surface area contributed by atoms with Gasteiger partial charge in [0.05, 0.1) is 16.3 Å². The Morgan fingerprint density at radius 3 is 2.64 bits per heavy atom. The van der Waals surface area contributed by atoms with E-state index in [1.807, 2.05) is 6.92 Å². The monoisotopic (exact) mass is 360 g/mol. The first kappa shape index (κ1) is 17.4. The van der Waals surface area contributed by atoms with Gasteiger partial charge in [-0.2, -0.15) is 0 Å². The van der Waals surface area contributed by atoms with Gasteiger partial charge < -0.3 is 9.80 Å². The first-order valence-corrected chi connectivity index (χ1v) is 8.41. The Morgan fingerprint density at radius 2 is 1.92 bits per heavy atom. The largest absolute Gasteiger partial charge is 0.325 e. The second-order valence-electron chi connectivity index (χ2n) is 6.10. The molecule has 0 aliphatic carbocycles. The molecule has 1 aliphatic heterocycles. The van der Waals surface area contributed by atoms with E-state index in [4.69, 9.17) is 11.6 Å². The van der Waals surface area contributed by atoms with E-state index < -0.39 is 11.9 Å². The van der Waals surface area contributed by atoms with Crippen molar-refractivity contribution in [2.24, 2.45) is 0 Å². The van der Waals surface area contributed by atoms with E-state index in [9.17, 15) is 14.0 Å². The number of hydrogen-bond donors (Lipinski definition) is 0. The highest BCUT2D eigenvalue weighted by Gasteiger charge is 2.36. The predicted molar refractivity (Wildman–Crippen MR) is 95.4 cm³/mol. The molecule has 1 fully saturated rings. The molecule has 1 unspecified atom stereocenters. The van der Waals surface area contributed by atoms with Gasteiger partial charge in [0.25, 0.3) is 5.91 Å². The zero-order chi connectivity index (χ0) is 18.1. The minimum absolute atomic E-state index is 0.236. The van der Waals surface area contributed by atoms with E-state index in [-0.39, 0.29) is 24.0 Å². The van der Waals surface area contributed by atoms with Crippen LogP contribution in [0.5, 0.6) is 0 Å². The van der Waals surface area contributed by atoms with E-state index in [0.717, 1.165) is 5.56 Å². The standard InChI is InChI=1S/C19H18ClFN2O2/c1-12-7-8-16(21)17(11-12)23-10-9-22(13(2)18(23)24)19(25)14-5-3-4-6-15(14)20/h3-8,11,13H,9-10H2,1-2H3. The third-order valence-electron chi connectivity index (χ3n) is 4.41. The molecule has 2 aromatic carbocycles. The number of anilines is 1. The van der Waals surface area contributed by atoms with Gasteiger partial charge in [0.1, 0.15) is 11.9 Å². The van der Waals surface area contributed by atoms with Crippen molar-refractivity contribution in [3.05, 3.63) is 64.4 Å². The smallest absolute Gasteiger partial charge is 0.256 e. The Hall–Kier alpha value is -2.40. The second-order valence-corrected chi connectivity index (χ2v) is 6.51. The predicted octanol–water partition coefficient (Wildman–Crippen LogP) is 3.67. The summed E-state index contributed by atoms with van der Waals surface area (Å²) in [6, 6.07) is 10.7. The lowest BCUT2D eigenvalue weighted by molar-refractivity contribution is -0.124. The lowest BCUT2D eigenvalue weighted by atomic mass is 10.1. The third kappa shape index (κ3) is 3.24. The molecule has 0 N–H and O–H groups in total. The molecule has 0 aromatic heterocycles. The fraction of sp³-hybridized carbons (Fsp3) is 0.263. The Kier molecular flexibility index (Phi) is 4.77. The summed E-state index contributed by atoms with van der Waals surface area (Å²) < 4.78 is 14.1. The van der Waals surface area contributed by atoms with Crippen molar-refractivity contribution in [1.29, 1.82) is 0 Å². The normalized spacial score (nSPS) is 17.8. The highest BCUT2D eigenvalue weighted by molar-refractivity contribution is 6.33. The second kappa shape index (κ2) is 6.84. The van der Waals surface area contributed by atoms with Crippen LogP contribution in [0, 0.1) is 12.7 Å². The Bertz CT molecular complexity index is 840. The number of carbonyl (C=O) groups excluding carboxylic acids is 2. The van der Waals surface area contributed by atoms with Crippen LogP contribution in [0.3, 0.4) is 0 Å². The lowest BCUT2D eigenvalue weighted by Crippen LogP contribution is -2.58. The van der Waals surface area contributed by atoms with E-state index in [1.165, 1.54) is 15.9 Å². The number of amides is 2. The maximum absolute atomic E-state index is 14.1. The van der Waals surface area contributed by atoms with E-state index in [0.29, 0.717) is 17.1 Å².